The number of fused-ring (bicyclic) bond motifs is 1. The number of carbonyl (C=O) groups excluding carboxylic acids is 3. The van der Waals surface area contributed by atoms with E-state index in [0.717, 1.165) is 70.8 Å². The van der Waals surface area contributed by atoms with Crippen LogP contribution in [0.25, 0.3) is 11.3 Å². The lowest BCUT2D eigenvalue weighted by molar-refractivity contribution is -0.136. The smallest absolute Gasteiger partial charge is 0.255 e. The van der Waals surface area contributed by atoms with Gasteiger partial charge in [-0.3, -0.25) is 24.4 Å². The number of nitrogens with zero attached hydrogens (tertiary/aromatic N) is 5. The third-order valence-corrected chi connectivity index (χ3v) is 10.3. The largest absolute Gasteiger partial charge is 0.371 e. The summed E-state index contributed by atoms with van der Waals surface area (Å²) in [6, 6.07) is 21.2. The van der Waals surface area contributed by atoms with Gasteiger partial charge in [0, 0.05) is 60.0 Å². The second-order valence-corrected chi connectivity index (χ2v) is 13.4. The van der Waals surface area contributed by atoms with Crippen LogP contribution in [0, 0.1) is 42.9 Å². The van der Waals surface area contributed by atoms with Crippen LogP contribution in [0.2, 0.25) is 5.02 Å². The van der Waals surface area contributed by atoms with Gasteiger partial charge in [-0.1, -0.05) is 41.6 Å². The topological polar surface area (TPSA) is 111 Å². The van der Waals surface area contributed by atoms with Gasteiger partial charge in [-0.2, -0.15) is 10.4 Å². The molecular formula is C39H35ClN6O3. The standard InChI is InChI=1S/C39H35ClN6O3/c1-24-25(2)46(43-37(24)29-9-10-30(21-41)34(40)20-29)22-28-7-5-26(6-8-28)3-4-27-15-17-44(18-16-27)32-11-12-33-31(19-32)23-45(39(33)49)35-13-14-36(47)42-38(35)48/h5-12,19-20,27,35H,13-18,22-23H2,1-2H3,(H,42,47,48). The van der Waals surface area contributed by atoms with Crippen LogP contribution in [0.15, 0.2) is 60.7 Å². The number of benzene rings is 3. The molecule has 4 heterocycles. The van der Waals surface area contributed by atoms with E-state index in [1.165, 1.54) is 0 Å². The van der Waals surface area contributed by atoms with Crippen molar-refractivity contribution in [3.05, 3.63) is 105 Å². The molecule has 2 saturated heterocycles. The van der Waals surface area contributed by atoms with Gasteiger partial charge >= 0.3 is 0 Å². The maximum Gasteiger partial charge on any atom is 0.255 e. The van der Waals surface area contributed by atoms with Crippen LogP contribution >= 0.6 is 11.6 Å². The molecule has 4 aromatic rings. The van der Waals surface area contributed by atoms with E-state index >= 15 is 0 Å². The molecule has 3 amide bonds. The van der Waals surface area contributed by atoms with E-state index in [1.807, 2.05) is 22.9 Å². The number of halogens is 1. The normalized spacial score (nSPS) is 17.8. The fourth-order valence-electron chi connectivity index (χ4n) is 6.91. The van der Waals surface area contributed by atoms with E-state index in [1.54, 1.807) is 17.0 Å². The predicted octanol–water partition coefficient (Wildman–Crippen LogP) is 5.77. The van der Waals surface area contributed by atoms with Crippen LogP contribution in [-0.2, 0) is 22.7 Å². The van der Waals surface area contributed by atoms with Crippen LogP contribution in [0.4, 0.5) is 5.69 Å². The number of amides is 3. The van der Waals surface area contributed by atoms with Crippen LogP contribution in [0.3, 0.4) is 0 Å². The molecule has 7 rings (SSSR count). The number of aromatic nitrogens is 2. The average Bonchev–Trinajstić information content (AvgIpc) is 3.58. The first-order valence-corrected chi connectivity index (χ1v) is 16.9. The Morgan fingerprint density at radius 3 is 2.47 bits per heavy atom. The SMILES string of the molecule is Cc1c(-c2ccc(C#N)c(Cl)c2)nn(Cc2ccc(C#CC3CCN(c4ccc5c(c4)CN(C4CCC(=O)NC4=O)C5=O)CC3)cc2)c1C. The van der Waals surface area contributed by atoms with Crippen molar-refractivity contribution in [3.8, 4) is 29.2 Å². The number of anilines is 1. The lowest BCUT2D eigenvalue weighted by atomic mass is 9.96. The summed E-state index contributed by atoms with van der Waals surface area (Å²) >= 11 is 6.28. The van der Waals surface area contributed by atoms with Crippen LogP contribution in [0.1, 0.15) is 69.6 Å². The highest BCUT2D eigenvalue weighted by Crippen LogP contribution is 2.32. The number of rotatable bonds is 5. The maximum absolute atomic E-state index is 13.1. The summed E-state index contributed by atoms with van der Waals surface area (Å²) in [6.07, 6.45) is 2.51. The Hall–Kier alpha value is -5.38. The van der Waals surface area contributed by atoms with Gasteiger partial charge in [0.05, 0.1) is 22.8 Å². The molecule has 2 fully saturated rings. The Labute approximate surface area is 290 Å². The van der Waals surface area contributed by atoms with Crippen molar-refractivity contribution < 1.29 is 14.4 Å². The minimum absolute atomic E-state index is 0.149. The van der Waals surface area contributed by atoms with E-state index in [2.05, 4.69) is 72.3 Å². The van der Waals surface area contributed by atoms with Crippen LogP contribution < -0.4 is 10.2 Å². The van der Waals surface area contributed by atoms with Gasteiger partial charge < -0.3 is 9.80 Å². The molecule has 0 spiro atoms. The van der Waals surface area contributed by atoms with Gasteiger partial charge in [-0.25, -0.2) is 0 Å². The maximum atomic E-state index is 13.1. The number of hydrogen-bond donors (Lipinski definition) is 1. The molecule has 3 aromatic carbocycles. The van der Waals surface area contributed by atoms with Gasteiger partial charge in [0.15, 0.2) is 0 Å². The zero-order chi connectivity index (χ0) is 34.2. The zero-order valence-corrected chi connectivity index (χ0v) is 28.2. The van der Waals surface area contributed by atoms with Crippen molar-refractivity contribution in [2.45, 2.75) is 58.7 Å². The number of hydrogen-bond acceptors (Lipinski definition) is 6. The van der Waals surface area contributed by atoms with Gasteiger partial charge in [0.1, 0.15) is 12.1 Å². The summed E-state index contributed by atoms with van der Waals surface area (Å²) in [5.74, 6) is 6.35. The summed E-state index contributed by atoms with van der Waals surface area (Å²) < 4.78 is 2.00. The molecule has 0 aliphatic carbocycles. The molecule has 0 bridgehead atoms. The van der Waals surface area contributed by atoms with Gasteiger partial charge in [-0.05, 0) is 92.3 Å². The Kier molecular flexibility index (Phi) is 8.71. The highest BCUT2D eigenvalue weighted by Gasteiger charge is 2.39. The molecule has 1 N–H and O–H groups in total. The first kappa shape index (κ1) is 32.2. The van der Waals surface area contributed by atoms with E-state index in [4.69, 9.17) is 16.7 Å². The lowest BCUT2D eigenvalue weighted by Crippen LogP contribution is -2.52. The fraction of sp³-hybridized carbons (Fsp3) is 0.308. The quantitative estimate of drug-likeness (QED) is 0.213. The second kappa shape index (κ2) is 13.3. The number of nitrogens with one attached hydrogen (secondary N) is 1. The van der Waals surface area contributed by atoms with Gasteiger partial charge in [0.2, 0.25) is 11.8 Å². The Bertz CT molecular complexity index is 2090. The van der Waals surface area contributed by atoms with E-state index in [9.17, 15) is 19.6 Å². The van der Waals surface area contributed by atoms with Crippen molar-refractivity contribution >= 4 is 35.0 Å². The Balaban J connectivity index is 0.944. The monoisotopic (exact) mass is 670 g/mol. The number of piperidine rings is 2. The Morgan fingerprint density at radius 1 is 0.980 bits per heavy atom. The third-order valence-electron chi connectivity index (χ3n) is 9.94. The van der Waals surface area contributed by atoms with Crippen molar-refractivity contribution in [2.24, 2.45) is 5.92 Å². The first-order chi connectivity index (χ1) is 23.7. The third kappa shape index (κ3) is 6.42. The highest BCUT2D eigenvalue weighted by atomic mass is 35.5. The van der Waals surface area contributed by atoms with Gasteiger partial charge in [-0.15, -0.1) is 0 Å². The molecule has 9 nitrogen and oxygen atoms in total. The van der Waals surface area contributed by atoms with Gasteiger partial charge in [0.25, 0.3) is 5.91 Å². The molecular weight excluding hydrogens is 636 g/mol. The summed E-state index contributed by atoms with van der Waals surface area (Å²) in [5.41, 5.74) is 9.11. The highest BCUT2D eigenvalue weighted by molar-refractivity contribution is 6.32. The molecule has 1 aromatic heterocycles. The predicted molar refractivity (Wildman–Crippen MR) is 187 cm³/mol. The number of nitriles is 1. The average molecular weight is 671 g/mol. The molecule has 49 heavy (non-hydrogen) atoms. The molecule has 3 aliphatic heterocycles. The number of carbonyl (C=O) groups is 3. The molecule has 1 unspecified atom stereocenters. The van der Waals surface area contributed by atoms with Crippen molar-refractivity contribution in [3.63, 3.8) is 0 Å². The summed E-state index contributed by atoms with van der Waals surface area (Å²) in [6.45, 7) is 6.88. The van der Waals surface area contributed by atoms with Crippen LogP contribution in [-0.4, -0.2) is 51.5 Å². The van der Waals surface area contributed by atoms with E-state index in [-0.39, 0.29) is 18.2 Å². The fourth-order valence-corrected chi connectivity index (χ4v) is 7.13. The number of imide groups is 1. The summed E-state index contributed by atoms with van der Waals surface area (Å²) in [4.78, 5) is 41.0. The van der Waals surface area contributed by atoms with Crippen molar-refractivity contribution in [1.29, 1.82) is 5.26 Å². The first-order valence-electron chi connectivity index (χ1n) is 16.6. The van der Waals surface area contributed by atoms with E-state index in [0.29, 0.717) is 41.6 Å². The lowest BCUT2D eigenvalue weighted by Gasteiger charge is -2.32. The Morgan fingerprint density at radius 2 is 1.76 bits per heavy atom. The van der Waals surface area contributed by atoms with Crippen molar-refractivity contribution in [2.75, 3.05) is 18.0 Å². The summed E-state index contributed by atoms with van der Waals surface area (Å²) in [7, 11) is 0. The van der Waals surface area contributed by atoms with E-state index < -0.39 is 11.9 Å². The second-order valence-electron chi connectivity index (χ2n) is 13.0. The molecule has 0 saturated carbocycles. The molecule has 1 atom stereocenters. The molecule has 10 heteroatoms. The molecule has 0 radical (unpaired) electrons. The molecule has 3 aliphatic rings. The molecule has 246 valence electrons. The van der Waals surface area contributed by atoms with Crippen molar-refractivity contribution in [1.82, 2.24) is 20.0 Å². The van der Waals surface area contributed by atoms with Crippen LogP contribution in [0.5, 0.6) is 0 Å². The minimum Gasteiger partial charge on any atom is -0.371 e. The minimum atomic E-state index is -0.605. The summed E-state index contributed by atoms with van der Waals surface area (Å²) in [5, 5.41) is 16.9. The zero-order valence-electron chi connectivity index (χ0n) is 27.4.